The summed E-state index contributed by atoms with van der Waals surface area (Å²) in [5, 5.41) is 4.11. The van der Waals surface area contributed by atoms with Gasteiger partial charge in [-0.25, -0.2) is 0 Å². The van der Waals surface area contributed by atoms with Crippen molar-refractivity contribution < 1.29 is 14.3 Å². The molecule has 1 aliphatic rings. The van der Waals surface area contributed by atoms with Gasteiger partial charge in [0.2, 0.25) is 11.8 Å². The van der Waals surface area contributed by atoms with Crippen LogP contribution in [0, 0.1) is 5.92 Å². The van der Waals surface area contributed by atoms with Gasteiger partial charge in [0.15, 0.2) is 0 Å². The number of rotatable bonds is 8. The first-order valence-electron chi connectivity index (χ1n) is 12.0. The van der Waals surface area contributed by atoms with Crippen LogP contribution in [0.5, 0.6) is 5.75 Å². The van der Waals surface area contributed by atoms with Crippen LogP contribution in [-0.4, -0.2) is 48.0 Å². The maximum Gasteiger partial charge on any atom is 0.248 e. The number of aromatic nitrogens is 1. The summed E-state index contributed by atoms with van der Waals surface area (Å²) in [5.74, 6) is 0.402. The maximum atomic E-state index is 12.1. The van der Waals surface area contributed by atoms with E-state index in [1.807, 2.05) is 44.2 Å². The normalized spacial score (nSPS) is 15.1. The SMILES string of the molecule is COc1ccc(NC(=O)C(C)C)cc1CCN1CCC(n2ccc3ccc(C(N)=O)cc32)CC1. The first-order valence-corrected chi connectivity index (χ1v) is 12.0. The molecule has 2 heterocycles. The van der Waals surface area contributed by atoms with E-state index in [0.29, 0.717) is 11.6 Å². The Morgan fingerprint density at radius 1 is 1.12 bits per heavy atom. The number of anilines is 1. The molecule has 180 valence electrons. The number of nitrogens with one attached hydrogen (secondary N) is 1. The number of carbonyl (C=O) groups excluding carboxylic acids is 2. The van der Waals surface area contributed by atoms with E-state index in [9.17, 15) is 9.59 Å². The third-order valence-electron chi connectivity index (χ3n) is 6.73. The predicted molar refractivity (Wildman–Crippen MR) is 135 cm³/mol. The van der Waals surface area contributed by atoms with Gasteiger partial charge in [0.05, 0.1) is 7.11 Å². The van der Waals surface area contributed by atoms with Crippen LogP contribution in [0.15, 0.2) is 48.7 Å². The lowest BCUT2D eigenvalue weighted by Gasteiger charge is -2.33. The number of carbonyl (C=O) groups is 2. The molecule has 3 aromatic rings. The second kappa shape index (κ2) is 10.3. The molecule has 2 amide bonds. The highest BCUT2D eigenvalue weighted by atomic mass is 16.5. The van der Waals surface area contributed by atoms with E-state index < -0.39 is 5.91 Å². The van der Waals surface area contributed by atoms with Crippen molar-refractivity contribution in [3.63, 3.8) is 0 Å². The Kier molecular flexibility index (Phi) is 7.22. The molecule has 1 fully saturated rings. The Morgan fingerprint density at radius 3 is 2.56 bits per heavy atom. The summed E-state index contributed by atoms with van der Waals surface area (Å²) in [6.45, 7) is 6.72. The number of hydrogen-bond acceptors (Lipinski definition) is 4. The summed E-state index contributed by atoms with van der Waals surface area (Å²) in [7, 11) is 1.68. The highest BCUT2D eigenvalue weighted by Crippen LogP contribution is 2.29. The van der Waals surface area contributed by atoms with Crippen LogP contribution in [-0.2, 0) is 11.2 Å². The van der Waals surface area contributed by atoms with E-state index in [4.69, 9.17) is 10.5 Å². The predicted octanol–water partition coefficient (Wildman–Crippen LogP) is 4.22. The second-order valence-corrected chi connectivity index (χ2v) is 9.35. The molecular formula is C27H34N4O3. The molecule has 0 radical (unpaired) electrons. The van der Waals surface area contributed by atoms with E-state index in [2.05, 4.69) is 27.0 Å². The molecule has 1 saturated heterocycles. The van der Waals surface area contributed by atoms with E-state index in [1.165, 1.54) is 0 Å². The van der Waals surface area contributed by atoms with Gasteiger partial charge >= 0.3 is 0 Å². The molecule has 3 N–H and O–H groups in total. The van der Waals surface area contributed by atoms with Crippen molar-refractivity contribution in [1.29, 1.82) is 0 Å². The summed E-state index contributed by atoms with van der Waals surface area (Å²) in [5.41, 5.74) is 9.01. The lowest BCUT2D eigenvalue weighted by Crippen LogP contribution is -2.35. The Labute approximate surface area is 200 Å². The van der Waals surface area contributed by atoms with Crippen molar-refractivity contribution in [3.05, 3.63) is 59.8 Å². The van der Waals surface area contributed by atoms with Crippen LogP contribution in [0.2, 0.25) is 0 Å². The Hall–Kier alpha value is -3.32. The number of fused-ring (bicyclic) bond motifs is 1. The van der Waals surface area contributed by atoms with Crippen LogP contribution in [0.4, 0.5) is 5.69 Å². The monoisotopic (exact) mass is 462 g/mol. The maximum absolute atomic E-state index is 12.1. The molecule has 0 aliphatic carbocycles. The molecule has 4 rings (SSSR count). The van der Waals surface area contributed by atoms with Crippen molar-refractivity contribution >= 4 is 28.4 Å². The average molecular weight is 463 g/mol. The van der Waals surface area contributed by atoms with Crippen LogP contribution in [0.1, 0.15) is 48.7 Å². The zero-order valence-corrected chi connectivity index (χ0v) is 20.2. The summed E-state index contributed by atoms with van der Waals surface area (Å²) in [6.07, 6.45) is 5.07. The van der Waals surface area contributed by atoms with Gasteiger partial charge in [-0.3, -0.25) is 9.59 Å². The molecule has 0 bridgehead atoms. The molecule has 1 aliphatic heterocycles. The number of benzene rings is 2. The van der Waals surface area contributed by atoms with Crippen LogP contribution in [0.25, 0.3) is 10.9 Å². The van der Waals surface area contributed by atoms with E-state index >= 15 is 0 Å². The van der Waals surface area contributed by atoms with Gasteiger partial charge < -0.3 is 25.3 Å². The molecule has 0 saturated carbocycles. The molecule has 7 heteroatoms. The van der Waals surface area contributed by atoms with Gasteiger partial charge in [0, 0.05) is 54.6 Å². The summed E-state index contributed by atoms with van der Waals surface area (Å²) >= 11 is 0. The topological polar surface area (TPSA) is 89.6 Å². The third-order valence-corrected chi connectivity index (χ3v) is 6.73. The molecule has 0 atom stereocenters. The molecule has 1 aromatic heterocycles. The first kappa shape index (κ1) is 23.8. The summed E-state index contributed by atoms with van der Waals surface area (Å²) < 4.78 is 7.85. The number of hydrogen-bond donors (Lipinski definition) is 2. The van der Waals surface area contributed by atoms with E-state index in [1.54, 1.807) is 13.2 Å². The van der Waals surface area contributed by atoms with Crippen molar-refractivity contribution in [2.45, 2.75) is 39.2 Å². The van der Waals surface area contributed by atoms with Gasteiger partial charge in [-0.2, -0.15) is 0 Å². The zero-order chi connectivity index (χ0) is 24.2. The van der Waals surface area contributed by atoms with Crippen molar-refractivity contribution in [2.75, 3.05) is 32.1 Å². The zero-order valence-electron chi connectivity index (χ0n) is 20.2. The number of piperidine rings is 1. The van der Waals surface area contributed by atoms with Gasteiger partial charge in [-0.05, 0) is 66.6 Å². The number of nitrogens with two attached hydrogens (primary N) is 1. The smallest absolute Gasteiger partial charge is 0.248 e. The molecule has 2 aromatic carbocycles. The van der Waals surface area contributed by atoms with Gasteiger partial charge in [0.1, 0.15) is 5.75 Å². The summed E-state index contributed by atoms with van der Waals surface area (Å²) in [4.78, 5) is 26.2. The number of amides is 2. The van der Waals surface area contributed by atoms with Gasteiger partial charge in [-0.15, -0.1) is 0 Å². The second-order valence-electron chi connectivity index (χ2n) is 9.35. The number of nitrogens with zero attached hydrogens (tertiary/aromatic N) is 2. The minimum absolute atomic E-state index is 0.0127. The number of ether oxygens (including phenoxy) is 1. The Bertz CT molecular complexity index is 1180. The summed E-state index contributed by atoms with van der Waals surface area (Å²) in [6, 6.07) is 14.0. The van der Waals surface area contributed by atoms with Crippen LogP contribution >= 0.6 is 0 Å². The van der Waals surface area contributed by atoms with Crippen LogP contribution < -0.4 is 15.8 Å². The van der Waals surface area contributed by atoms with E-state index in [-0.39, 0.29) is 11.8 Å². The molecule has 0 spiro atoms. The third kappa shape index (κ3) is 5.25. The fourth-order valence-corrected chi connectivity index (χ4v) is 4.66. The molecule has 7 nitrogen and oxygen atoms in total. The molecule has 34 heavy (non-hydrogen) atoms. The highest BCUT2D eigenvalue weighted by Gasteiger charge is 2.22. The van der Waals surface area contributed by atoms with E-state index in [0.717, 1.165) is 66.8 Å². The number of primary amides is 1. The lowest BCUT2D eigenvalue weighted by molar-refractivity contribution is -0.118. The Balaban J connectivity index is 1.38. The average Bonchev–Trinajstić information content (AvgIpc) is 3.26. The fraction of sp³-hybridized carbons (Fsp3) is 0.407. The van der Waals surface area contributed by atoms with Crippen molar-refractivity contribution in [1.82, 2.24) is 9.47 Å². The molecule has 0 unspecified atom stereocenters. The van der Waals surface area contributed by atoms with Gasteiger partial charge in [0.25, 0.3) is 0 Å². The number of likely N-dealkylation sites (tertiary alicyclic amines) is 1. The highest BCUT2D eigenvalue weighted by molar-refractivity contribution is 5.97. The first-order chi connectivity index (χ1) is 16.4. The number of methoxy groups -OCH3 is 1. The van der Waals surface area contributed by atoms with Gasteiger partial charge in [-0.1, -0.05) is 19.9 Å². The van der Waals surface area contributed by atoms with Crippen molar-refractivity contribution in [2.24, 2.45) is 11.7 Å². The largest absolute Gasteiger partial charge is 0.496 e. The fourth-order valence-electron chi connectivity index (χ4n) is 4.66. The molecular weight excluding hydrogens is 428 g/mol. The lowest BCUT2D eigenvalue weighted by atomic mass is 10.0. The minimum Gasteiger partial charge on any atom is -0.496 e. The Morgan fingerprint density at radius 2 is 1.88 bits per heavy atom. The van der Waals surface area contributed by atoms with Crippen molar-refractivity contribution in [3.8, 4) is 5.75 Å². The standard InChI is InChI=1S/C27H34N4O3/c1-18(2)27(33)29-22-6-7-25(34-3)20(16-22)8-12-30-13-10-23(11-14-30)31-15-9-19-4-5-21(26(28)32)17-24(19)31/h4-7,9,15-18,23H,8,10-14H2,1-3H3,(H2,28,32)(H,29,33). The minimum atomic E-state index is -0.396. The van der Waals surface area contributed by atoms with Crippen LogP contribution in [0.3, 0.4) is 0 Å². The quantitative estimate of drug-likeness (QED) is 0.524.